The summed E-state index contributed by atoms with van der Waals surface area (Å²) in [5.74, 6) is 0.586. The number of allylic oxidation sites excluding steroid dienone is 3. The molecule has 3 heteroatoms. The smallest absolute Gasteiger partial charge is 0.311 e. The fraction of sp³-hybridized carbons (Fsp3) is 0.500. The molecule has 0 spiro atoms. The first-order valence-electron chi connectivity index (χ1n) is 4.62. The van der Waals surface area contributed by atoms with Gasteiger partial charge in [-0.05, 0) is 32.1 Å². The molecule has 2 amide bonds. The van der Waals surface area contributed by atoms with Gasteiger partial charge in [0.15, 0.2) is 0 Å². The predicted octanol–water partition coefficient (Wildman–Crippen LogP) is 1.90. The van der Waals surface area contributed by atoms with Crippen molar-refractivity contribution in [1.29, 1.82) is 0 Å². The highest BCUT2D eigenvalue weighted by Gasteiger charge is 2.19. The van der Waals surface area contributed by atoms with E-state index in [0.29, 0.717) is 5.92 Å². The summed E-state index contributed by atoms with van der Waals surface area (Å²) in [6, 6.07) is -0.228. The van der Waals surface area contributed by atoms with Crippen LogP contribution in [-0.4, -0.2) is 6.03 Å². The Morgan fingerprint density at radius 1 is 1.69 bits per heavy atom. The van der Waals surface area contributed by atoms with E-state index in [9.17, 15) is 4.79 Å². The van der Waals surface area contributed by atoms with Crippen LogP contribution in [0, 0.1) is 5.92 Å². The highest BCUT2D eigenvalue weighted by molar-refractivity contribution is 5.79. The summed E-state index contributed by atoms with van der Waals surface area (Å²) in [5, 5.41) is 6.43. The molecule has 1 aliphatic carbocycles. The fourth-order valence-corrected chi connectivity index (χ4v) is 1.86. The van der Waals surface area contributed by atoms with Gasteiger partial charge in [-0.2, -0.15) is 5.32 Å². The maximum Gasteiger partial charge on any atom is 0.345 e. The second kappa shape index (κ2) is 3.24. The van der Waals surface area contributed by atoms with Gasteiger partial charge < -0.3 is 5.32 Å². The zero-order chi connectivity index (χ0) is 9.26. The van der Waals surface area contributed by atoms with Gasteiger partial charge in [0.25, 0.3) is 0 Å². The normalized spacial score (nSPS) is 26.5. The molecule has 2 rings (SSSR count). The molecule has 1 N–H and O–H groups in total. The van der Waals surface area contributed by atoms with Gasteiger partial charge in [-0.3, -0.25) is 0 Å². The molecule has 2 aliphatic rings. The van der Waals surface area contributed by atoms with Crippen molar-refractivity contribution in [3.05, 3.63) is 23.5 Å². The number of rotatable bonds is 2. The van der Waals surface area contributed by atoms with Crippen LogP contribution in [-0.2, 0) is 0 Å². The van der Waals surface area contributed by atoms with Crippen LogP contribution in [0.25, 0.3) is 0 Å². The maximum atomic E-state index is 10.7. The van der Waals surface area contributed by atoms with Crippen LogP contribution in [0.3, 0.4) is 0 Å². The molecule has 0 bridgehead atoms. The van der Waals surface area contributed by atoms with Crippen molar-refractivity contribution in [2.24, 2.45) is 5.92 Å². The van der Waals surface area contributed by atoms with Gasteiger partial charge in [-0.15, -0.1) is 0 Å². The Morgan fingerprint density at radius 3 is 3.08 bits per heavy atom. The Hall–Kier alpha value is -1.25. The molecule has 0 aromatic rings. The first-order chi connectivity index (χ1) is 6.24. The summed E-state index contributed by atoms with van der Waals surface area (Å²) in [6.45, 7) is 2.16. The molecule has 1 atom stereocenters. The van der Waals surface area contributed by atoms with Crippen LogP contribution in [0.5, 0.6) is 0 Å². The number of hydrogen-bond donors (Lipinski definition) is 1. The lowest BCUT2D eigenvalue weighted by atomic mass is 10.0. The second-order valence-corrected chi connectivity index (χ2v) is 3.71. The van der Waals surface area contributed by atoms with Crippen LogP contribution < -0.4 is 10.6 Å². The Labute approximate surface area is 77.9 Å². The zero-order valence-corrected chi connectivity index (χ0v) is 7.71. The van der Waals surface area contributed by atoms with Gasteiger partial charge in [0, 0.05) is 6.20 Å². The largest absolute Gasteiger partial charge is 0.345 e. The molecule has 3 nitrogen and oxygen atoms in total. The highest BCUT2D eigenvalue weighted by Crippen LogP contribution is 2.28. The van der Waals surface area contributed by atoms with E-state index < -0.39 is 0 Å². The Kier molecular flexibility index (Phi) is 2.08. The van der Waals surface area contributed by atoms with Crippen molar-refractivity contribution in [1.82, 2.24) is 10.6 Å². The summed E-state index contributed by atoms with van der Waals surface area (Å²) in [6.07, 6.45) is 7.30. The summed E-state index contributed by atoms with van der Waals surface area (Å²) in [4.78, 5) is 10.7. The lowest BCUT2D eigenvalue weighted by Crippen LogP contribution is -2.16. The first-order valence-corrected chi connectivity index (χ1v) is 4.62. The molecular weight excluding hydrogens is 164 g/mol. The number of amides is 2. The van der Waals surface area contributed by atoms with Gasteiger partial charge >= 0.3 is 6.03 Å². The number of carbonyl (C=O) groups is 1. The van der Waals surface area contributed by atoms with Gasteiger partial charge in [0.05, 0.1) is 5.70 Å². The van der Waals surface area contributed by atoms with E-state index >= 15 is 0 Å². The third-order valence-electron chi connectivity index (χ3n) is 2.51. The van der Waals surface area contributed by atoms with Crippen LogP contribution in [0.4, 0.5) is 4.79 Å². The summed E-state index contributed by atoms with van der Waals surface area (Å²) in [5.41, 5.74) is 2.35. The molecule has 0 fully saturated rings. The van der Waals surface area contributed by atoms with Crippen molar-refractivity contribution >= 4 is 6.03 Å². The monoisotopic (exact) mass is 177 g/mol. The number of urea groups is 1. The molecule has 1 unspecified atom stereocenters. The topological polar surface area (TPSA) is 43.2 Å². The van der Waals surface area contributed by atoms with E-state index in [0.717, 1.165) is 12.1 Å². The van der Waals surface area contributed by atoms with Gasteiger partial charge in [0.1, 0.15) is 0 Å². The Bertz CT molecular complexity index is 291. The standard InChI is InChI=1S/C10H13N2O/c1-7-2-3-8(4-7)5-9-6-11-10(13)12-9/h4,6,8H,2-3,5H2,1H3,(H,11,13). The third-order valence-corrected chi connectivity index (χ3v) is 2.51. The molecule has 1 heterocycles. The van der Waals surface area contributed by atoms with Crippen molar-refractivity contribution in [3.63, 3.8) is 0 Å². The first kappa shape index (κ1) is 8.35. The van der Waals surface area contributed by atoms with Crippen molar-refractivity contribution < 1.29 is 4.79 Å². The van der Waals surface area contributed by atoms with E-state index in [1.807, 2.05) is 0 Å². The zero-order valence-electron chi connectivity index (χ0n) is 7.71. The van der Waals surface area contributed by atoms with E-state index in [1.54, 1.807) is 6.20 Å². The Morgan fingerprint density at radius 2 is 2.54 bits per heavy atom. The summed E-state index contributed by atoms with van der Waals surface area (Å²) in [7, 11) is 0. The van der Waals surface area contributed by atoms with Crippen LogP contribution in [0.2, 0.25) is 0 Å². The van der Waals surface area contributed by atoms with Crippen LogP contribution in [0.15, 0.2) is 23.5 Å². The molecule has 69 valence electrons. The molecular formula is C10H13N2O. The summed E-state index contributed by atoms with van der Waals surface area (Å²) < 4.78 is 0. The molecule has 0 saturated heterocycles. The van der Waals surface area contributed by atoms with Crippen LogP contribution >= 0.6 is 0 Å². The third kappa shape index (κ3) is 1.91. The molecule has 1 radical (unpaired) electrons. The predicted molar refractivity (Wildman–Crippen MR) is 49.8 cm³/mol. The minimum absolute atomic E-state index is 0.228. The van der Waals surface area contributed by atoms with Crippen molar-refractivity contribution in [2.45, 2.75) is 26.2 Å². The van der Waals surface area contributed by atoms with Crippen molar-refractivity contribution in [3.8, 4) is 0 Å². The quantitative estimate of drug-likeness (QED) is 0.643. The lowest BCUT2D eigenvalue weighted by Gasteiger charge is -2.05. The molecule has 1 aliphatic heterocycles. The van der Waals surface area contributed by atoms with Gasteiger partial charge in [-0.1, -0.05) is 11.6 Å². The van der Waals surface area contributed by atoms with Gasteiger partial charge in [-0.25, -0.2) is 4.79 Å². The van der Waals surface area contributed by atoms with E-state index in [1.165, 1.54) is 18.4 Å². The minimum atomic E-state index is -0.228. The number of nitrogens with zero attached hydrogens (tertiary/aromatic N) is 1. The van der Waals surface area contributed by atoms with Crippen LogP contribution in [0.1, 0.15) is 26.2 Å². The Balaban J connectivity index is 1.89. The minimum Gasteiger partial charge on any atom is -0.311 e. The van der Waals surface area contributed by atoms with E-state index in [2.05, 4.69) is 23.6 Å². The van der Waals surface area contributed by atoms with Crippen molar-refractivity contribution in [2.75, 3.05) is 0 Å². The highest BCUT2D eigenvalue weighted by atomic mass is 16.2. The fourth-order valence-electron chi connectivity index (χ4n) is 1.86. The number of hydrogen-bond acceptors (Lipinski definition) is 1. The average molecular weight is 177 g/mol. The van der Waals surface area contributed by atoms with E-state index in [4.69, 9.17) is 0 Å². The second-order valence-electron chi connectivity index (χ2n) is 3.71. The van der Waals surface area contributed by atoms with E-state index in [-0.39, 0.29) is 6.03 Å². The molecule has 13 heavy (non-hydrogen) atoms. The lowest BCUT2D eigenvalue weighted by molar-refractivity contribution is 0.248. The average Bonchev–Trinajstić information content (AvgIpc) is 2.62. The molecule has 0 saturated carbocycles. The number of carbonyl (C=O) groups excluding carboxylic acids is 1. The number of nitrogens with one attached hydrogen (secondary N) is 1. The summed E-state index contributed by atoms with van der Waals surface area (Å²) >= 11 is 0. The maximum absolute atomic E-state index is 10.7. The molecule has 0 aromatic heterocycles. The molecule has 0 aromatic carbocycles. The van der Waals surface area contributed by atoms with Gasteiger partial charge in [0.2, 0.25) is 0 Å². The SMILES string of the molecule is CC1=CC(CC2=CNC(=O)[N]2)CC1.